The number of anilines is 2. The minimum atomic E-state index is -1.00. The Morgan fingerprint density at radius 2 is 2.00 bits per heavy atom. The first-order chi connectivity index (χ1) is 14.0. The molecule has 1 saturated carbocycles. The maximum atomic E-state index is 13.0. The average Bonchev–Trinajstić information content (AvgIpc) is 3.58. The second-order valence-electron chi connectivity index (χ2n) is 6.37. The standard InChI is InChI=1S/C18H21N9O2/c1-20-7-12(14(19)17(28)21-2)26-18(29)15-13(25-11-5-22-9-23-6-11)8-24-16(27-15)10-3-4-10/h5-10,12,19,25H,3-4H2,1-2H3,(H,21,28)(H,26,29). The van der Waals surface area contributed by atoms with E-state index in [1.54, 1.807) is 12.4 Å². The highest BCUT2D eigenvalue weighted by Crippen LogP contribution is 2.38. The highest BCUT2D eigenvalue weighted by molar-refractivity contribution is 6.42. The van der Waals surface area contributed by atoms with Crippen LogP contribution in [0.1, 0.15) is 35.1 Å². The molecule has 150 valence electrons. The molecule has 2 aromatic heterocycles. The Kier molecular flexibility index (Phi) is 6.17. The molecule has 1 unspecified atom stereocenters. The molecular weight excluding hydrogens is 374 g/mol. The SMILES string of the molecule is CN=CC(NC(=O)c1nc(C2CC2)ncc1Nc1cncnc1)C(=N)C(=O)NC. The lowest BCUT2D eigenvalue weighted by atomic mass is 10.1. The Morgan fingerprint density at radius 1 is 1.28 bits per heavy atom. The van der Waals surface area contributed by atoms with Gasteiger partial charge in [-0.3, -0.25) is 20.0 Å². The van der Waals surface area contributed by atoms with Crippen molar-refractivity contribution in [2.75, 3.05) is 19.4 Å². The van der Waals surface area contributed by atoms with E-state index in [0.717, 1.165) is 12.8 Å². The molecule has 2 amide bonds. The molecule has 1 aliphatic carbocycles. The number of nitrogens with zero attached hydrogens (tertiary/aromatic N) is 5. The topological polar surface area (TPSA) is 158 Å². The number of aliphatic imine (C=N–C) groups is 1. The molecule has 4 N–H and O–H groups in total. The molecule has 11 nitrogen and oxygen atoms in total. The lowest BCUT2D eigenvalue weighted by Gasteiger charge is -2.16. The van der Waals surface area contributed by atoms with Crippen LogP contribution in [0.2, 0.25) is 0 Å². The molecule has 1 aliphatic rings. The van der Waals surface area contributed by atoms with Crippen molar-refractivity contribution in [3.05, 3.63) is 36.4 Å². The van der Waals surface area contributed by atoms with Gasteiger partial charge in [-0.1, -0.05) is 0 Å². The number of hydrogen-bond donors (Lipinski definition) is 4. The zero-order valence-electron chi connectivity index (χ0n) is 16.0. The van der Waals surface area contributed by atoms with Gasteiger partial charge in [0.15, 0.2) is 5.69 Å². The normalized spacial score (nSPS) is 14.3. The van der Waals surface area contributed by atoms with Gasteiger partial charge >= 0.3 is 0 Å². The predicted molar refractivity (Wildman–Crippen MR) is 107 cm³/mol. The number of aromatic nitrogens is 4. The molecular formula is C18H21N9O2. The first kappa shape index (κ1) is 20.0. The van der Waals surface area contributed by atoms with Gasteiger partial charge in [-0.15, -0.1) is 0 Å². The van der Waals surface area contributed by atoms with Gasteiger partial charge in [-0.05, 0) is 12.8 Å². The van der Waals surface area contributed by atoms with Gasteiger partial charge < -0.3 is 16.0 Å². The molecule has 0 spiro atoms. The smallest absolute Gasteiger partial charge is 0.273 e. The summed E-state index contributed by atoms with van der Waals surface area (Å²) in [6.07, 6.45) is 9.31. The van der Waals surface area contributed by atoms with Crippen molar-refractivity contribution in [1.82, 2.24) is 30.6 Å². The molecule has 3 rings (SSSR count). The van der Waals surface area contributed by atoms with Crippen LogP contribution in [-0.4, -0.2) is 63.8 Å². The monoisotopic (exact) mass is 395 g/mol. The zero-order chi connectivity index (χ0) is 20.8. The minimum Gasteiger partial charge on any atom is -0.354 e. The number of hydrogen-bond acceptors (Lipinski definition) is 9. The molecule has 0 aliphatic heterocycles. The Labute approximate surface area is 167 Å². The summed E-state index contributed by atoms with van der Waals surface area (Å²) in [7, 11) is 2.91. The summed E-state index contributed by atoms with van der Waals surface area (Å²) in [5.74, 6) is -0.344. The van der Waals surface area contributed by atoms with Crippen molar-refractivity contribution in [2.45, 2.75) is 24.8 Å². The molecule has 1 fully saturated rings. The van der Waals surface area contributed by atoms with Crippen molar-refractivity contribution >= 4 is 35.1 Å². The maximum Gasteiger partial charge on any atom is 0.273 e. The highest BCUT2D eigenvalue weighted by Gasteiger charge is 2.29. The molecule has 1 atom stereocenters. The number of carbonyl (C=O) groups is 2. The Bertz CT molecular complexity index is 942. The van der Waals surface area contributed by atoms with E-state index in [1.165, 1.54) is 32.8 Å². The molecule has 2 aromatic rings. The van der Waals surface area contributed by atoms with Crippen molar-refractivity contribution in [3.8, 4) is 0 Å². The fourth-order valence-electron chi connectivity index (χ4n) is 2.54. The van der Waals surface area contributed by atoms with Crippen molar-refractivity contribution in [3.63, 3.8) is 0 Å². The lowest BCUT2D eigenvalue weighted by Crippen LogP contribution is -2.47. The fourth-order valence-corrected chi connectivity index (χ4v) is 2.54. The van der Waals surface area contributed by atoms with Crippen molar-refractivity contribution < 1.29 is 9.59 Å². The molecule has 0 saturated heterocycles. The fraction of sp³-hybridized carbons (Fsp3) is 0.333. The van der Waals surface area contributed by atoms with E-state index in [4.69, 9.17) is 5.41 Å². The quantitative estimate of drug-likeness (QED) is 0.472. The highest BCUT2D eigenvalue weighted by atomic mass is 16.2. The van der Waals surface area contributed by atoms with Crippen LogP contribution < -0.4 is 16.0 Å². The van der Waals surface area contributed by atoms with Crippen LogP contribution in [0.4, 0.5) is 11.4 Å². The lowest BCUT2D eigenvalue weighted by molar-refractivity contribution is -0.114. The van der Waals surface area contributed by atoms with Gasteiger partial charge in [0.1, 0.15) is 23.9 Å². The third kappa shape index (κ3) is 4.94. The van der Waals surface area contributed by atoms with Gasteiger partial charge in [0.05, 0.1) is 30.0 Å². The van der Waals surface area contributed by atoms with Crippen molar-refractivity contribution in [1.29, 1.82) is 5.41 Å². The van der Waals surface area contributed by atoms with Crippen LogP contribution in [0.3, 0.4) is 0 Å². The molecule has 11 heteroatoms. The number of nitrogens with one attached hydrogen (secondary N) is 4. The Balaban J connectivity index is 1.89. The summed E-state index contributed by atoms with van der Waals surface area (Å²) in [5.41, 5.74) is 0.688. The molecule has 2 heterocycles. The molecule has 29 heavy (non-hydrogen) atoms. The van der Waals surface area contributed by atoms with E-state index in [9.17, 15) is 9.59 Å². The largest absolute Gasteiger partial charge is 0.354 e. The summed E-state index contributed by atoms with van der Waals surface area (Å²) in [6, 6.07) is -1.00. The summed E-state index contributed by atoms with van der Waals surface area (Å²) in [4.78, 5) is 45.3. The third-order valence-electron chi connectivity index (χ3n) is 4.17. The number of carbonyl (C=O) groups excluding carboxylic acids is 2. The van der Waals surface area contributed by atoms with Crippen LogP contribution >= 0.6 is 0 Å². The van der Waals surface area contributed by atoms with Gasteiger partial charge in [0.25, 0.3) is 11.8 Å². The van der Waals surface area contributed by atoms with E-state index < -0.39 is 17.9 Å². The average molecular weight is 395 g/mol. The van der Waals surface area contributed by atoms with E-state index in [0.29, 0.717) is 17.2 Å². The van der Waals surface area contributed by atoms with E-state index in [1.807, 2.05) is 0 Å². The van der Waals surface area contributed by atoms with Crippen LogP contribution in [-0.2, 0) is 4.79 Å². The van der Waals surface area contributed by atoms with E-state index in [2.05, 4.69) is 40.9 Å². The second-order valence-corrected chi connectivity index (χ2v) is 6.37. The molecule has 0 radical (unpaired) electrons. The summed E-state index contributed by atoms with van der Waals surface area (Å²) in [6.45, 7) is 0. The molecule has 0 aromatic carbocycles. The number of rotatable bonds is 8. The van der Waals surface area contributed by atoms with Gasteiger partial charge in [0.2, 0.25) is 0 Å². The van der Waals surface area contributed by atoms with Crippen LogP contribution in [0.25, 0.3) is 0 Å². The summed E-state index contributed by atoms with van der Waals surface area (Å²) < 4.78 is 0. The van der Waals surface area contributed by atoms with Crippen LogP contribution in [0.5, 0.6) is 0 Å². The predicted octanol–water partition coefficient (Wildman–Crippen LogP) is 0.452. The van der Waals surface area contributed by atoms with Gasteiger partial charge in [0, 0.05) is 26.2 Å². The summed E-state index contributed by atoms with van der Waals surface area (Å²) in [5, 5.41) is 16.0. The third-order valence-corrected chi connectivity index (χ3v) is 4.17. The van der Waals surface area contributed by atoms with Gasteiger partial charge in [-0.2, -0.15) is 0 Å². The van der Waals surface area contributed by atoms with Crippen LogP contribution in [0.15, 0.2) is 29.9 Å². The Morgan fingerprint density at radius 3 is 2.62 bits per heavy atom. The first-order valence-corrected chi connectivity index (χ1v) is 8.96. The van der Waals surface area contributed by atoms with Crippen LogP contribution in [0, 0.1) is 5.41 Å². The Hall–Kier alpha value is -3.76. The number of amides is 2. The van der Waals surface area contributed by atoms with Crippen molar-refractivity contribution in [2.24, 2.45) is 4.99 Å². The summed E-state index contributed by atoms with van der Waals surface area (Å²) >= 11 is 0. The molecule has 0 bridgehead atoms. The van der Waals surface area contributed by atoms with E-state index >= 15 is 0 Å². The first-order valence-electron chi connectivity index (χ1n) is 8.96. The maximum absolute atomic E-state index is 13.0. The zero-order valence-corrected chi connectivity index (χ0v) is 16.0. The second kappa shape index (κ2) is 8.95. The van der Waals surface area contributed by atoms with E-state index in [-0.39, 0.29) is 17.3 Å². The minimum absolute atomic E-state index is 0.102. The van der Waals surface area contributed by atoms with Gasteiger partial charge in [-0.25, -0.2) is 19.9 Å².